The third-order valence-electron chi connectivity index (χ3n) is 6.20. The summed E-state index contributed by atoms with van der Waals surface area (Å²) in [6, 6.07) is 3.86. The van der Waals surface area contributed by atoms with E-state index in [4.69, 9.17) is 17.2 Å². The lowest BCUT2D eigenvalue weighted by atomic mass is 9.99. The zero-order valence-electron chi connectivity index (χ0n) is 18.4. The number of nitrogens with zero attached hydrogens (tertiary/aromatic N) is 4. The van der Waals surface area contributed by atoms with Gasteiger partial charge in [-0.25, -0.2) is 4.98 Å². The SMILES string of the molecule is CC[C@@H](C)N1C(=O)/C(=C/c2c(N3CCC(C)CC3)nc3ccc(C)cn3c2=O)SC1=S. The van der Waals surface area contributed by atoms with Crippen LogP contribution in [0.1, 0.15) is 51.2 Å². The molecule has 2 saturated heterocycles. The number of aryl methyl sites for hydroxylation is 1. The molecule has 0 unspecified atom stereocenters. The number of piperidine rings is 1. The average molecular weight is 457 g/mol. The number of hydrogen-bond donors (Lipinski definition) is 0. The second kappa shape index (κ2) is 8.74. The molecule has 8 heteroatoms. The quantitative estimate of drug-likeness (QED) is 0.507. The molecule has 0 spiro atoms. The van der Waals surface area contributed by atoms with Crippen molar-refractivity contribution in [2.75, 3.05) is 18.0 Å². The summed E-state index contributed by atoms with van der Waals surface area (Å²) in [7, 11) is 0. The van der Waals surface area contributed by atoms with Crippen LogP contribution in [0.4, 0.5) is 5.82 Å². The predicted molar refractivity (Wildman–Crippen MR) is 132 cm³/mol. The number of anilines is 1. The van der Waals surface area contributed by atoms with Gasteiger partial charge in [0.25, 0.3) is 11.5 Å². The fourth-order valence-electron chi connectivity index (χ4n) is 4.01. The van der Waals surface area contributed by atoms with Crippen molar-refractivity contribution in [3.8, 4) is 0 Å². The number of carbonyl (C=O) groups is 1. The Morgan fingerprint density at radius 3 is 2.68 bits per heavy atom. The van der Waals surface area contributed by atoms with Crippen LogP contribution >= 0.6 is 24.0 Å². The highest BCUT2D eigenvalue weighted by Gasteiger charge is 2.35. The summed E-state index contributed by atoms with van der Waals surface area (Å²) in [4.78, 5) is 35.8. The van der Waals surface area contributed by atoms with Crippen molar-refractivity contribution in [3.63, 3.8) is 0 Å². The number of rotatable bonds is 4. The van der Waals surface area contributed by atoms with E-state index in [-0.39, 0.29) is 17.5 Å². The minimum absolute atomic E-state index is 0.0277. The first kappa shape index (κ1) is 22.0. The highest BCUT2D eigenvalue weighted by atomic mass is 32.2. The van der Waals surface area contributed by atoms with E-state index in [9.17, 15) is 9.59 Å². The van der Waals surface area contributed by atoms with E-state index in [1.54, 1.807) is 21.6 Å². The monoisotopic (exact) mass is 456 g/mol. The van der Waals surface area contributed by atoms with Crippen molar-refractivity contribution in [3.05, 3.63) is 44.7 Å². The van der Waals surface area contributed by atoms with E-state index in [0.717, 1.165) is 37.9 Å². The summed E-state index contributed by atoms with van der Waals surface area (Å²) < 4.78 is 2.12. The molecule has 164 valence electrons. The zero-order chi connectivity index (χ0) is 22.3. The molecule has 1 atom stereocenters. The van der Waals surface area contributed by atoms with Crippen molar-refractivity contribution >= 4 is 51.7 Å². The fraction of sp³-hybridized carbons (Fsp3) is 0.478. The summed E-state index contributed by atoms with van der Waals surface area (Å²) in [6.45, 7) is 9.93. The molecule has 2 aliphatic heterocycles. The van der Waals surface area contributed by atoms with Crippen LogP contribution in [0.3, 0.4) is 0 Å². The number of thioether (sulfide) groups is 1. The molecule has 0 aliphatic carbocycles. The van der Waals surface area contributed by atoms with Crippen LogP contribution in [0.25, 0.3) is 11.7 Å². The van der Waals surface area contributed by atoms with Crippen molar-refractivity contribution in [2.24, 2.45) is 5.92 Å². The molecule has 4 heterocycles. The summed E-state index contributed by atoms with van der Waals surface area (Å²) in [5.41, 5.74) is 1.90. The minimum atomic E-state index is -0.156. The largest absolute Gasteiger partial charge is 0.356 e. The van der Waals surface area contributed by atoms with Gasteiger partial charge >= 0.3 is 0 Å². The zero-order valence-corrected chi connectivity index (χ0v) is 20.1. The maximum atomic E-state index is 13.5. The lowest BCUT2D eigenvalue weighted by Crippen LogP contribution is -2.36. The van der Waals surface area contributed by atoms with Crippen LogP contribution in [0, 0.1) is 12.8 Å². The number of thiocarbonyl (C=S) groups is 1. The van der Waals surface area contributed by atoms with Crippen molar-refractivity contribution in [1.29, 1.82) is 0 Å². The highest BCUT2D eigenvalue weighted by molar-refractivity contribution is 8.26. The molecular weight excluding hydrogens is 428 g/mol. The molecule has 31 heavy (non-hydrogen) atoms. The molecular formula is C23H28N4O2S2. The van der Waals surface area contributed by atoms with Crippen LogP contribution in [0.15, 0.2) is 28.0 Å². The first-order valence-electron chi connectivity index (χ1n) is 10.8. The Labute approximate surface area is 192 Å². The molecule has 2 aromatic rings. The van der Waals surface area contributed by atoms with Gasteiger partial charge in [-0.3, -0.25) is 18.9 Å². The van der Waals surface area contributed by atoms with Gasteiger partial charge in [0, 0.05) is 25.3 Å². The Morgan fingerprint density at radius 1 is 1.29 bits per heavy atom. The van der Waals surface area contributed by atoms with Crippen molar-refractivity contribution in [1.82, 2.24) is 14.3 Å². The molecule has 6 nitrogen and oxygen atoms in total. The maximum absolute atomic E-state index is 13.5. The van der Waals surface area contributed by atoms with Crippen LogP contribution in [-0.4, -0.2) is 43.6 Å². The van der Waals surface area contributed by atoms with Gasteiger partial charge in [0.2, 0.25) is 0 Å². The summed E-state index contributed by atoms with van der Waals surface area (Å²) >= 11 is 6.74. The minimum Gasteiger partial charge on any atom is -0.356 e. The molecule has 2 aliphatic rings. The van der Waals surface area contributed by atoms with Gasteiger partial charge in [0.15, 0.2) is 0 Å². The summed E-state index contributed by atoms with van der Waals surface area (Å²) in [5, 5.41) is 0. The number of pyridine rings is 1. The summed E-state index contributed by atoms with van der Waals surface area (Å²) in [5.74, 6) is 1.20. The normalized spacial score (nSPS) is 20.3. The smallest absolute Gasteiger partial charge is 0.267 e. The van der Waals surface area contributed by atoms with Gasteiger partial charge in [-0.1, -0.05) is 43.9 Å². The predicted octanol–water partition coefficient (Wildman–Crippen LogP) is 4.24. The molecule has 0 N–H and O–H groups in total. The van der Waals surface area contributed by atoms with Crippen LogP contribution in [-0.2, 0) is 4.79 Å². The topological polar surface area (TPSA) is 57.9 Å². The van der Waals surface area contributed by atoms with Crippen molar-refractivity contribution < 1.29 is 4.79 Å². The second-order valence-electron chi connectivity index (χ2n) is 8.57. The van der Waals surface area contributed by atoms with Gasteiger partial charge in [0.05, 0.1) is 10.5 Å². The molecule has 4 rings (SSSR count). The van der Waals surface area contributed by atoms with E-state index in [1.807, 2.05) is 32.9 Å². The van der Waals surface area contributed by atoms with E-state index >= 15 is 0 Å². The van der Waals surface area contributed by atoms with Gasteiger partial charge in [0.1, 0.15) is 15.8 Å². The molecule has 2 fully saturated rings. The molecule has 0 radical (unpaired) electrons. The Balaban J connectivity index is 1.86. The standard InChI is InChI=1S/C23H28N4O2S2/c1-5-16(4)27-22(29)18(31-23(27)30)12-17-20(25-10-8-14(2)9-11-25)24-19-7-6-15(3)13-26(19)21(17)28/h6-7,12-14,16H,5,8-11H2,1-4H3/b18-12-/t16-/m1/s1. The Bertz CT molecular complexity index is 1130. The molecule has 0 bridgehead atoms. The number of carbonyl (C=O) groups excluding carboxylic acids is 1. The Morgan fingerprint density at radius 2 is 2.00 bits per heavy atom. The number of amides is 1. The molecule has 0 saturated carbocycles. The van der Waals surface area contributed by atoms with Gasteiger partial charge < -0.3 is 4.90 Å². The Hall–Kier alpha value is -2.19. The number of aromatic nitrogens is 2. The second-order valence-corrected chi connectivity index (χ2v) is 10.2. The molecule has 0 aromatic carbocycles. The molecule has 1 amide bonds. The van der Waals surface area contributed by atoms with Gasteiger partial charge in [-0.05, 0) is 56.7 Å². The fourth-order valence-corrected chi connectivity index (χ4v) is 5.45. The van der Waals surface area contributed by atoms with Crippen LogP contribution in [0.2, 0.25) is 0 Å². The van der Waals surface area contributed by atoms with E-state index in [0.29, 0.717) is 32.2 Å². The maximum Gasteiger partial charge on any atom is 0.267 e. The van der Waals surface area contributed by atoms with Crippen LogP contribution in [0.5, 0.6) is 0 Å². The Kier molecular flexibility index (Phi) is 6.21. The highest BCUT2D eigenvalue weighted by Crippen LogP contribution is 2.35. The van der Waals surface area contributed by atoms with Crippen molar-refractivity contribution in [2.45, 2.75) is 53.0 Å². The van der Waals surface area contributed by atoms with Gasteiger partial charge in [-0.15, -0.1) is 0 Å². The third kappa shape index (κ3) is 4.15. The first-order valence-corrected chi connectivity index (χ1v) is 12.1. The first-order chi connectivity index (χ1) is 14.8. The average Bonchev–Trinajstić information content (AvgIpc) is 3.03. The van der Waals surface area contributed by atoms with E-state index < -0.39 is 0 Å². The third-order valence-corrected chi connectivity index (χ3v) is 7.53. The number of fused-ring (bicyclic) bond motifs is 1. The van der Waals surface area contributed by atoms with E-state index in [2.05, 4.69) is 11.8 Å². The lowest BCUT2D eigenvalue weighted by molar-refractivity contribution is -0.123. The lowest BCUT2D eigenvalue weighted by Gasteiger charge is -2.32. The van der Waals surface area contributed by atoms with Crippen LogP contribution < -0.4 is 10.5 Å². The molecule has 2 aromatic heterocycles. The van der Waals surface area contributed by atoms with Gasteiger partial charge in [-0.2, -0.15) is 0 Å². The number of hydrogen-bond acceptors (Lipinski definition) is 6. The summed E-state index contributed by atoms with van der Waals surface area (Å²) in [6.07, 6.45) is 6.44. The van der Waals surface area contributed by atoms with E-state index in [1.165, 1.54) is 11.8 Å².